The summed E-state index contributed by atoms with van der Waals surface area (Å²) in [4.78, 5) is 35.6. The van der Waals surface area contributed by atoms with Crippen molar-refractivity contribution >= 4 is 52.5 Å². The van der Waals surface area contributed by atoms with Gasteiger partial charge in [-0.25, -0.2) is 4.79 Å². The normalized spacial score (nSPS) is 16.2. The Morgan fingerprint density at radius 2 is 2.03 bits per heavy atom. The van der Waals surface area contributed by atoms with E-state index in [1.807, 2.05) is 30.3 Å². The Hall–Kier alpha value is -3.44. The van der Waals surface area contributed by atoms with Crippen LogP contribution in [0.15, 0.2) is 79.5 Å². The van der Waals surface area contributed by atoms with Gasteiger partial charge in [-0.2, -0.15) is 5.10 Å². The van der Waals surface area contributed by atoms with Crippen LogP contribution in [-0.4, -0.2) is 35.3 Å². The first-order valence-electron chi connectivity index (χ1n) is 8.37. The zero-order chi connectivity index (χ0) is 21.5. The smallest absolute Gasteiger partial charge is 0.331 e. The van der Waals surface area contributed by atoms with Gasteiger partial charge in [0, 0.05) is 33.6 Å². The van der Waals surface area contributed by atoms with Crippen LogP contribution < -0.4 is 5.32 Å². The van der Waals surface area contributed by atoms with Crippen molar-refractivity contribution in [2.24, 2.45) is 10.2 Å². The quantitative estimate of drug-likeness (QED) is 0.239. The first-order chi connectivity index (χ1) is 14.5. The second-order valence-corrected chi connectivity index (χ2v) is 7.78. The molecule has 0 radical (unpaired) electrons. The van der Waals surface area contributed by atoms with Gasteiger partial charge >= 0.3 is 5.97 Å². The van der Waals surface area contributed by atoms with Crippen molar-refractivity contribution in [1.82, 2.24) is 5.32 Å². The van der Waals surface area contributed by atoms with Crippen LogP contribution in [0.25, 0.3) is 0 Å². The molecule has 1 aliphatic heterocycles. The summed E-state index contributed by atoms with van der Waals surface area (Å²) in [6, 6.07) is 14.0. The minimum Gasteiger partial charge on any atom is -0.466 e. The molecular weight excluding hydrogens is 428 g/mol. The lowest BCUT2D eigenvalue weighted by atomic mass is 10.2. The Morgan fingerprint density at radius 1 is 1.27 bits per heavy atom. The molecule has 1 fully saturated rings. The average molecular weight is 442 g/mol. The summed E-state index contributed by atoms with van der Waals surface area (Å²) in [5.41, 5.74) is 0.426. The van der Waals surface area contributed by atoms with E-state index in [0.717, 1.165) is 27.6 Å². The van der Waals surface area contributed by atoms with Crippen LogP contribution in [0.3, 0.4) is 0 Å². The van der Waals surface area contributed by atoms with Gasteiger partial charge in [0.1, 0.15) is 0 Å². The number of nitrogens with zero attached hydrogens (tertiary/aromatic N) is 3. The van der Waals surface area contributed by atoms with Crippen LogP contribution in [0.5, 0.6) is 0 Å². The third-order valence-electron chi connectivity index (χ3n) is 3.62. The van der Waals surface area contributed by atoms with E-state index in [1.54, 1.807) is 6.07 Å². The third kappa shape index (κ3) is 5.55. The number of benzene rings is 2. The van der Waals surface area contributed by atoms with Gasteiger partial charge in [-0.05, 0) is 30.0 Å². The van der Waals surface area contributed by atoms with Crippen molar-refractivity contribution in [3.8, 4) is 0 Å². The maximum atomic E-state index is 11.8. The summed E-state index contributed by atoms with van der Waals surface area (Å²) >= 11 is 2.36. The lowest BCUT2D eigenvalue weighted by Crippen LogP contribution is -2.19. The van der Waals surface area contributed by atoms with Crippen molar-refractivity contribution in [3.63, 3.8) is 0 Å². The number of thioether (sulfide) groups is 1. The molecule has 1 heterocycles. The third-order valence-corrected chi connectivity index (χ3v) is 5.62. The molecule has 9 nitrogen and oxygen atoms in total. The number of methoxy groups -OCH3 is 1. The van der Waals surface area contributed by atoms with Crippen LogP contribution in [0, 0.1) is 10.1 Å². The zero-order valence-corrected chi connectivity index (χ0v) is 17.1. The Bertz CT molecular complexity index is 1080. The van der Waals surface area contributed by atoms with Gasteiger partial charge in [-0.15, -0.1) is 5.10 Å². The highest BCUT2D eigenvalue weighted by atomic mass is 32.2. The summed E-state index contributed by atoms with van der Waals surface area (Å²) in [5.74, 6) is -1.15. The number of hydrogen-bond donors (Lipinski definition) is 1. The van der Waals surface area contributed by atoms with Gasteiger partial charge in [0.15, 0.2) is 5.17 Å². The minimum atomic E-state index is -0.656. The molecule has 0 saturated carbocycles. The van der Waals surface area contributed by atoms with E-state index in [2.05, 4.69) is 20.3 Å². The predicted molar refractivity (Wildman–Crippen MR) is 115 cm³/mol. The Labute approximate surface area is 179 Å². The van der Waals surface area contributed by atoms with Crippen LogP contribution in [0.4, 0.5) is 5.69 Å². The SMILES string of the molecule is COC(=O)/C=C1/S/C(=N\N=Cc2cc([N+](=O)[O-])ccc2Sc2ccccc2)NC1=O. The molecule has 0 aromatic heterocycles. The van der Waals surface area contributed by atoms with Crippen molar-refractivity contribution in [1.29, 1.82) is 0 Å². The number of hydrogen-bond acceptors (Lipinski definition) is 9. The lowest BCUT2D eigenvalue weighted by Gasteiger charge is -2.05. The molecule has 0 unspecified atom stereocenters. The monoisotopic (exact) mass is 442 g/mol. The van der Waals surface area contributed by atoms with E-state index in [0.29, 0.717) is 5.56 Å². The molecule has 1 N–H and O–H groups in total. The Morgan fingerprint density at radius 3 is 2.73 bits per heavy atom. The highest BCUT2D eigenvalue weighted by Gasteiger charge is 2.25. The second kappa shape index (κ2) is 9.85. The summed E-state index contributed by atoms with van der Waals surface area (Å²) in [6.07, 6.45) is 2.43. The van der Waals surface area contributed by atoms with Gasteiger partial charge in [0.25, 0.3) is 11.6 Å². The summed E-state index contributed by atoms with van der Waals surface area (Å²) in [5, 5.41) is 21.6. The van der Waals surface area contributed by atoms with Gasteiger partial charge < -0.3 is 4.74 Å². The van der Waals surface area contributed by atoms with Crippen LogP contribution in [-0.2, 0) is 14.3 Å². The molecule has 1 amide bonds. The number of nitro benzene ring substituents is 1. The number of carbonyl (C=O) groups excluding carboxylic acids is 2. The van der Waals surface area contributed by atoms with Crippen LogP contribution in [0.1, 0.15) is 5.56 Å². The van der Waals surface area contributed by atoms with Gasteiger partial charge in [0.05, 0.1) is 23.2 Å². The number of rotatable bonds is 6. The molecule has 0 aliphatic carbocycles. The van der Waals surface area contributed by atoms with Crippen molar-refractivity contribution in [3.05, 3.63) is 75.2 Å². The van der Waals surface area contributed by atoms with Crippen molar-refractivity contribution < 1.29 is 19.2 Å². The number of esters is 1. The second-order valence-electron chi connectivity index (χ2n) is 5.63. The molecule has 1 saturated heterocycles. The van der Waals surface area contributed by atoms with Crippen molar-refractivity contribution in [2.45, 2.75) is 9.79 Å². The molecule has 152 valence electrons. The first-order valence-corrected chi connectivity index (χ1v) is 10.0. The number of non-ortho nitro benzene ring substituents is 1. The number of nitrogens with one attached hydrogen (secondary N) is 1. The number of ether oxygens (including phenoxy) is 1. The molecule has 2 aromatic carbocycles. The number of nitro groups is 1. The molecule has 3 rings (SSSR count). The Balaban J connectivity index is 1.83. The maximum absolute atomic E-state index is 11.8. The van der Waals surface area contributed by atoms with E-state index < -0.39 is 16.8 Å². The highest BCUT2D eigenvalue weighted by molar-refractivity contribution is 8.18. The molecule has 11 heteroatoms. The van der Waals surface area contributed by atoms with E-state index in [4.69, 9.17) is 0 Å². The summed E-state index contributed by atoms with van der Waals surface area (Å²) in [6.45, 7) is 0. The van der Waals surface area contributed by atoms with Crippen molar-refractivity contribution in [2.75, 3.05) is 7.11 Å². The standard InChI is InChI=1S/C19H14N4O5S2/c1-28-17(24)10-16-18(25)21-19(30-16)22-20-11-12-9-13(23(26)27)7-8-15(12)29-14-5-3-2-4-6-14/h2-11H,1H3,(H,21,22,25)/b16-10+,20-11?. The topological polar surface area (TPSA) is 123 Å². The highest BCUT2D eigenvalue weighted by Crippen LogP contribution is 2.32. The maximum Gasteiger partial charge on any atom is 0.331 e. The number of amidine groups is 1. The van der Waals surface area contributed by atoms with Crippen LogP contribution in [0.2, 0.25) is 0 Å². The Kier molecular flexibility index (Phi) is 6.99. The molecular formula is C19H14N4O5S2. The molecule has 30 heavy (non-hydrogen) atoms. The fraction of sp³-hybridized carbons (Fsp3) is 0.0526. The van der Waals surface area contributed by atoms with E-state index in [9.17, 15) is 19.7 Å². The van der Waals surface area contributed by atoms with Gasteiger partial charge in [0.2, 0.25) is 0 Å². The summed E-state index contributed by atoms with van der Waals surface area (Å²) < 4.78 is 4.49. The van der Waals surface area contributed by atoms with E-state index >= 15 is 0 Å². The minimum absolute atomic E-state index is 0.0756. The predicted octanol–water partition coefficient (Wildman–Crippen LogP) is 3.36. The molecule has 0 bridgehead atoms. The van der Waals surface area contributed by atoms with Gasteiger partial charge in [-0.3, -0.25) is 20.2 Å². The number of amides is 1. The molecule has 0 atom stereocenters. The lowest BCUT2D eigenvalue weighted by molar-refractivity contribution is -0.384. The van der Waals surface area contributed by atoms with Crippen LogP contribution >= 0.6 is 23.5 Å². The number of carbonyl (C=O) groups is 2. The first kappa shape index (κ1) is 21.3. The zero-order valence-electron chi connectivity index (χ0n) is 15.5. The molecule has 0 spiro atoms. The molecule has 1 aliphatic rings. The fourth-order valence-corrected chi connectivity index (χ4v) is 3.89. The molecule has 2 aromatic rings. The fourth-order valence-electron chi connectivity index (χ4n) is 2.24. The summed E-state index contributed by atoms with van der Waals surface area (Å²) in [7, 11) is 1.21. The largest absolute Gasteiger partial charge is 0.466 e. The average Bonchev–Trinajstić information content (AvgIpc) is 3.08. The van der Waals surface area contributed by atoms with Gasteiger partial charge in [-0.1, -0.05) is 30.0 Å². The van der Waals surface area contributed by atoms with E-state index in [-0.39, 0.29) is 15.8 Å². The van der Waals surface area contributed by atoms with E-state index in [1.165, 1.54) is 37.2 Å².